The third kappa shape index (κ3) is 6.30. The van der Waals surface area contributed by atoms with Crippen LogP contribution >= 0.6 is 0 Å². The second-order valence-corrected chi connectivity index (χ2v) is 9.57. The van der Waals surface area contributed by atoms with Gasteiger partial charge in [0.05, 0.1) is 12.5 Å². The number of amides is 1. The molecule has 2 heterocycles. The second kappa shape index (κ2) is 11.9. The van der Waals surface area contributed by atoms with Crippen LogP contribution in [0.3, 0.4) is 0 Å². The van der Waals surface area contributed by atoms with Crippen molar-refractivity contribution in [3.8, 4) is 11.5 Å². The van der Waals surface area contributed by atoms with Gasteiger partial charge < -0.3 is 19.9 Å². The fraction of sp³-hybridized carbons (Fsp3) is 0.345. The highest BCUT2D eigenvalue weighted by Gasteiger charge is 2.28. The van der Waals surface area contributed by atoms with Crippen molar-refractivity contribution >= 4 is 11.6 Å². The molecule has 2 aliphatic rings. The van der Waals surface area contributed by atoms with E-state index in [4.69, 9.17) is 4.74 Å². The lowest BCUT2D eigenvalue weighted by atomic mass is 9.96. The number of halogens is 2. The van der Waals surface area contributed by atoms with E-state index in [1.54, 1.807) is 12.1 Å². The summed E-state index contributed by atoms with van der Waals surface area (Å²) in [4.78, 5) is 16.3. The third-order valence-electron chi connectivity index (χ3n) is 6.95. The molecule has 0 radical (unpaired) electrons. The number of β-amino-alcohol motifs (C(OH)–C–C–N with tert-alkyl or cyclic N) is 1. The summed E-state index contributed by atoms with van der Waals surface area (Å²) in [5.74, 6) is 0.709. The van der Waals surface area contributed by atoms with Crippen molar-refractivity contribution in [2.45, 2.75) is 25.2 Å². The van der Waals surface area contributed by atoms with E-state index in [-0.39, 0.29) is 30.7 Å². The van der Waals surface area contributed by atoms with Crippen LogP contribution in [0.1, 0.15) is 22.7 Å². The highest BCUT2D eigenvalue weighted by atomic mass is 19.3. The molecule has 3 aromatic carbocycles. The Kier molecular flexibility index (Phi) is 8.17. The van der Waals surface area contributed by atoms with E-state index in [1.165, 1.54) is 0 Å². The zero-order valence-electron chi connectivity index (χ0n) is 20.9. The highest BCUT2D eigenvalue weighted by Crippen LogP contribution is 2.32. The lowest BCUT2D eigenvalue weighted by Gasteiger charge is -2.40. The van der Waals surface area contributed by atoms with E-state index in [2.05, 4.69) is 32.0 Å². The molecule has 0 aliphatic carbocycles. The van der Waals surface area contributed by atoms with Crippen molar-refractivity contribution < 1.29 is 28.2 Å². The van der Waals surface area contributed by atoms with Crippen molar-refractivity contribution in [3.63, 3.8) is 0 Å². The lowest BCUT2D eigenvalue weighted by molar-refractivity contribution is -0.115. The average molecular weight is 524 g/mol. The monoisotopic (exact) mass is 523 g/mol. The van der Waals surface area contributed by atoms with Crippen LogP contribution in [0.2, 0.25) is 0 Å². The van der Waals surface area contributed by atoms with Gasteiger partial charge in [0.1, 0.15) is 24.2 Å². The molecule has 0 saturated carbocycles. The average Bonchev–Trinajstić information content (AvgIpc) is 3.31. The minimum atomic E-state index is -2.85. The number of anilines is 1. The summed E-state index contributed by atoms with van der Waals surface area (Å²) in [6.07, 6.45) is -0.386. The number of benzene rings is 3. The molecule has 2 N–H and O–H groups in total. The number of piperazine rings is 1. The van der Waals surface area contributed by atoms with Crippen molar-refractivity contribution in [2.75, 3.05) is 44.6 Å². The summed E-state index contributed by atoms with van der Waals surface area (Å²) < 4.78 is 35.6. The van der Waals surface area contributed by atoms with Gasteiger partial charge >= 0.3 is 6.61 Å². The van der Waals surface area contributed by atoms with Gasteiger partial charge in [-0.3, -0.25) is 14.6 Å². The number of carbonyl (C=O) groups is 1. The molecule has 9 heteroatoms. The Morgan fingerprint density at radius 2 is 1.61 bits per heavy atom. The van der Waals surface area contributed by atoms with Crippen LogP contribution in [0.5, 0.6) is 11.5 Å². The van der Waals surface area contributed by atoms with Gasteiger partial charge in [0.15, 0.2) is 0 Å². The largest absolute Gasteiger partial charge is 0.490 e. The SMILES string of the molecule is O=C1Cc2c(cccc2OCC(O)CN2CCN(C(c3ccccc3)c3ccc(OC(F)F)cc3)CC2)N1. The summed E-state index contributed by atoms with van der Waals surface area (Å²) >= 11 is 0. The van der Waals surface area contributed by atoms with Gasteiger partial charge in [-0.15, -0.1) is 0 Å². The van der Waals surface area contributed by atoms with Gasteiger partial charge in [-0.05, 0) is 35.4 Å². The summed E-state index contributed by atoms with van der Waals surface area (Å²) in [5.41, 5.74) is 3.73. The van der Waals surface area contributed by atoms with E-state index in [0.29, 0.717) is 12.3 Å². The molecule has 0 aromatic heterocycles. The minimum Gasteiger partial charge on any atom is -0.490 e. The predicted molar refractivity (Wildman–Crippen MR) is 140 cm³/mol. The van der Waals surface area contributed by atoms with Gasteiger partial charge in [0.2, 0.25) is 5.91 Å². The van der Waals surface area contributed by atoms with Crippen LogP contribution in [0.25, 0.3) is 0 Å². The van der Waals surface area contributed by atoms with Crippen LogP contribution in [0.4, 0.5) is 14.5 Å². The van der Waals surface area contributed by atoms with Crippen LogP contribution < -0.4 is 14.8 Å². The summed E-state index contributed by atoms with van der Waals surface area (Å²) in [6.45, 7) is 0.873. The first-order valence-corrected chi connectivity index (χ1v) is 12.7. The van der Waals surface area contributed by atoms with Crippen molar-refractivity contribution in [1.82, 2.24) is 9.80 Å². The molecular formula is C29H31F2N3O4. The lowest BCUT2D eigenvalue weighted by Crippen LogP contribution is -2.50. The van der Waals surface area contributed by atoms with E-state index >= 15 is 0 Å². The Bertz CT molecular complexity index is 1220. The third-order valence-corrected chi connectivity index (χ3v) is 6.95. The fourth-order valence-corrected chi connectivity index (χ4v) is 5.18. The van der Waals surface area contributed by atoms with Crippen molar-refractivity contribution in [3.05, 3.63) is 89.5 Å². The number of rotatable bonds is 10. The Hall–Kier alpha value is -3.53. The van der Waals surface area contributed by atoms with Crippen LogP contribution in [0.15, 0.2) is 72.8 Å². The molecule has 2 unspecified atom stereocenters. The Morgan fingerprint density at radius 1 is 0.895 bits per heavy atom. The number of aliphatic hydroxyl groups excluding tert-OH is 1. The smallest absolute Gasteiger partial charge is 0.387 e. The number of carbonyl (C=O) groups excluding carboxylic acids is 1. The fourth-order valence-electron chi connectivity index (χ4n) is 5.18. The molecule has 200 valence electrons. The number of alkyl halides is 2. The Labute approximate surface area is 220 Å². The number of ether oxygens (including phenoxy) is 2. The molecule has 0 spiro atoms. The molecule has 1 fully saturated rings. The van der Waals surface area contributed by atoms with Gasteiger partial charge in [0, 0.05) is 44.0 Å². The van der Waals surface area contributed by atoms with Crippen LogP contribution in [-0.4, -0.2) is 72.9 Å². The number of aliphatic hydroxyl groups is 1. The van der Waals surface area contributed by atoms with Gasteiger partial charge in [0.25, 0.3) is 0 Å². The maximum absolute atomic E-state index is 12.6. The Balaban J connectivity index is 1.18. The molecular weight excluding hydrogens is 492 g/mol. The van der Waals surface area contributed by atoms with Gasteiger partial charge in [-0.1, -0.05) is 48.5 Å². The van der Waals surface area contributed by atoms with E-state index < -0.39 is 12.7 Å². The minimum absolute atomic E-state index is 0.0243. The van der Waals surface area contributed by atoms with E-state index in [1.807, 2.05) is 48.5 Å². The first kappa shape index (κ1) is 26.1. The first-order chi connectivity index (χ1) is 18.5. The van der Waals surface area contributed by atoms with Crippen LogP contribution in [-0.2, 0) is 11.2 Å². The molecule has 1 saturated heterocycles. The molecule has 5 rings (SSSR count). The molecule has 1 amide bonds. The molecule has 2 aliphatic heterocycles. The van der Waals surface area contributed by atoms with Crippen LogP contribution in [0, 0.1) is 0 Å². The highest BCUT2D eigenvalue weighted by molar-refractivity contribution is 6.00. The molecule has 7 nitrogen and oxygen atoms in total. The predicted octanol–water partition coefficient (Wildman–Crippen LogP) is 3.93. The quantitative estimate of drug-likeness (QED) is 0.420. The zero-order valence-corrected chi connectivity index (χ0v) is 20.9. The number of nitrogens with zero attached hydrogens (tertiary/aromatic N) is 2. The summed E-state index contributed by atoms with van der Waals surface area (Å²) in [7, 11) is 0. The maximum atomic E-state index is 12.6. The molecule has 38 heavy (non-hydrogen) atoms. The van der Waals surface area contributed by atoms with Crippen molar-refractivity contribution in [1.29, 1.82) is 0 Å². The number of hydrogen-bond acceptors (Lipinski definition) is 6. The van der Waals surface area contributed by atoms with E-state index in [9.17, 15) is 18.7 Å². The summed E-state index contributed by atoms with van der Waals surface area (Å²) in [6, 6.07) is 22.4. The molecule has 3 aromatic rings. The second-order valence-electron chi connectivity index (χ2n) is 9.57. The Morgan fingerprint density at radius 3 is 2.32 bits per heavy atom. The topological polar surface area (TPSA) is 74.3 Å². The normalized spacial score (nSPS) is 17.6. The zero-order chi connectivity index (χ0) is 26.5. The maximum Gasteiger partial charge on any atom is 0.387 e. The first-order valence-electron chi connectivity index (χ1n) is 12.7. The number of hydrogen-bond donors (Lipinski definition) is 2. The summed E-state index contributed by atoms with van der Waals surface area (Å²) in [5, 5.41) is 13.5. The number of nitrogens with one attached hydrogen (secondary N) is 1. The van der Waals surface area contributed by atoms with E-state index in [0.717, 1.165) is 48.6 Å². The number of fused-ring (bicyclic) bond motifs is 1. The molecule has 0 bridgehead atoms. The van der Waals surface area contributed by atoms with Gasteiger partial charge in [-0.2, -0.15) is 8.78 Å². The molecule has 2 atom stereocenters. The van der Waals surface area contributed by atoms with Crippen molar-refractivity contribution in [2.24, 2.45) is 0 Å². The van der Waals surface area contributed by atoms with Gasteiger partial charge in [-0.25, -0.2) is 0 Å². The standard InChI is InChI=1S/C29H31F2N3O4/c30-29(31)38-23-11-9-21(10-12-23)28(20-5-2-1-3-6-20)34-15-13-33(14-16-34)18-22(35)19-37-26-8-4-7-25-24(26)17-27(36)32-25/h1-12,22,28-29,35H,13-19H2,(H,32,36).